The van der Waals surface area contributed by atoms with Crippen LogP contribution in [0.4, 0.5) is 0 Å². The van der Waals surface area contributed by atoms with Crippen LogP contribution in [0, 0.1) is 5.92 Å². The van der Waals surface area contributed by atoms with Crippen molar-refractivity contribution in [3.63, 3.8) is 0 Å². The van der Waals surface area contributed by atoms with E-state index in [4.69, 9.17) is 0 Å². The number of quaternary nitrogens is 1. The molecule has 0 radical (unpaired) electrons. The van der Waals surface area contributed by atoms with Gasteiger partial charge in [0.15, 0.2) is 0 Å². The number of hydrogen-bond acceptors (Lipinski definition) is 2. The summed E-state index contributed by atoms with van der Waals surface area (Å²) < 4.78 is 1.19. The van der Waals surface area contributed by atoms with Crippen molar-refractivity contribution in [2.24, 2.45) is 5.92 Å². The average molecular weight is 352 g/mol. The molecule has 3 heteroatoms. The van der Waals surface area contributed by atoms with E-state index < -0.39 is 0 Å². The number of nitrogens with zero attached hydrogens (tertiary/aromatic N) is 1. The Kier molecular flexibility index (Phi) is 4.44. The molecule has 1 unspecified atom stereocenters. The van der Waals surface area contributed by atoms with Crippen molar-refractivity contribution >= 4 is 0 Å². The molecule has 0 amide bonds. The molecule has 4 rings (SSSR count). The summed E-state index contributed by atoms with van der Waals surface area (Å²) in [5, 5.41) is 20.0. The van der Waals surface area contributed by atoms with E-state index in [-0.39, 0.29) is 5.92 Å². The highest BCUT2D eigenvalue weighted by atomic mass is 16.3. The van der Waals surface area contributed by atoms with Gasteiger partial charge in [-0.3, -0.25) is 0 Å². The monoisotopic (exact) mass is 352 g/mol. The van der Waals surface area contributed by atoms with E-state index in [9.17, 15) is 10.2 Å². The van der Waals surface area contributed by atoms with Crippen LogP contribution in [0.5, 0.6) is 11.5 Å². The van der Waals surface area contributed by atoms with Crippen molar-refractivity contribution in [2.45, 2.75) is 50.1 Å². The molecule has 2 fully saturated rings. The fraction of sp³-hybridized carbons (Fsp3) is 0.478. The molecule has 2 N–H and O–H groups in total. The zero-order valence-electron chi connectivity index (χ0n) is 15.8. The lowest BCUT2D eigenvalue weighted by molar-refractivity contribution is -0.931. The summed E-state index contributed by atoms with van der Waals surface area (Å²) in [4.78, 5) is 0. The van der Waals surface area contributed by atoms with Crippen LogP contribution in [0.1, 0.15) is 49.1 Å². The lowest BCUT2D eigenvalue weighted by Gasteiger charge is -2.45. The Balaban J connectivity index is 1.62. The topological polar surface area (TPSA) is 40.5 Å². The van der Waals surface area contributed by atoms with Gasteiger partial charge in [-0.1, -0.05) is 24.3 Å². The van der Waals surface area contributed by atoms with Crippen LogP contribution in [-0.4, -0.2) is 40.9 Å². The highest BCUT2D eigenvalue weighted by Crippen LogP contribution is 2.46. The first-order valence-electron chi connectivity index (χ1n) is 9.84. The Morgan fingerprint density at radius 1 is 0.885 bits per heavy atom. The van der Waals surface area contributed by atoms with E-state index in [1.807, 2.05) is 24.3 Å². The SMILES string of the molecule is C[N+]1(C)[C@@H]2CC[C@H]1CC(CC(c1cccc(O)c1)c1cccc(O)c1)C2. The fourth-order valence-corrected chi connectivity index (χ4v) is 5.47. The molecular weight excluding hydrogens is 322 g/mol. The van der Waals surface area contributed by atoms with Gasteiger partial charge in [0.05, 0.1) is 26.2 Å². The first kappa shape index (κ1) is 17.4. The van der Waals surface area contributed by atoms with Crippen molar-refractivity contribution < 1.29 is 14.7 Å². The van der Waals surface area contributed by atoms with Crippen molar-refractivity contribution in [1.82, 2.24) is 0 Å². The molecule has 2 bridgehead atoms. The second-order valence-corrected chi connectivity index (χ2v) is 8.83. The number of phenols is 2. The van der Waals surface area contributed by atoms with Gasteiger partial charge in [0.2, 0.25) is 0 Å². The molecule has 2 aliphatic heterocycles. The van der Waals surface area contributed by atoms with Crippen molar-refractivity contribution in [3.8, 4) is 11.5 Å². The minimum atomic E-state index is 0.215. The third kappa shape index (κ3) is 3.21. The normalized spacial score (nSPS) is 27.0. The van der Waals surface area contributed by atoms with Crippen molar-refractivity contribution in [3.05, 3.63) is 59.7 Å². The van der Waals surface area contributed by atoms with E-state index >= 15 is 0 Å². The highest BCUT2D eigenvalue weighted by Gasteiger charge is 2.49. The molecule has 3 nitrogen and oxygen atoms in total. The molecule has 0 aromatic heterocycles. The van der Waals surface area contributed by atoms with Crippen LogP contribution in [0.2, 0.25) is 0 Å². The number of phenolic OH excluding ortho intramolecular Hbond substituents is 2. The maximum absolute atomic E-state index is 9.98. The first-order valence-corrected chi connectivity index (χ1v) is 9.84. The van der Waals surface area contributed by atoms with Crippen LogP contribution in [-0.2, 0) is 0 Å². The van der Waals surface area contributed by atoms with Crippen molar-refractivity contribution in [2.75, 3.05) is 14.1 Å². The molecule has 138 valence electrons. The van der Waals surface area contributed by atoms with Crippen molar-refractivity contribution in [1.29, 1.82) is 0 Å². The number of aromatic hydroxyl groups is 2. The smallest absolute Gasteiger partial charge is 0.115 e. The van der Waals surface area contributed by atoms with Gasteiger partial charge in [-0.25, -0.2) is 0 Å². The summed E-state index contributed by atoms with van der Waals surface area (Å²) in [5.74, 6) is 1.55. The Morgan fingerprint density at radius 3 is 1.85 bits per heavy atom. The quantitative estimate of drug-likeness (QED) is 0.787. The van der Waals surface area contributed by atoms with Gasteiger partial charge in [0.1, 0.15) is 11.5 Å². The molecule has 2 aliphatic rings. The maximum atomic E-state index is 9.98. The first-order chi connectivity index (χ1) is 12.4. The summed E-state index contributed by atoms with van der Waals surface area (Å²) in [6, 6.07) is 16.8. The Morgan fingerprint density at radius 2 is 1.38 bits per heavy atom. The van der Waals surface area contributed by atoms with Gasteiger partial charge in [0.25, 0.3) is 0 Å². The zero-order chi connectivity index (χ0) is 18.3. The Bertz CT molecular complexity index is 724. The van der Waals surface area contributed by atoms with Crippen LogP contribution in [0.3, 0.4) is 0 Å². The molecule has 2 aromatic carbocycles. The van der Waals surface area contributed by atoms with Gasteiger partial charge >= 0.3 is 0 Å². The summed E-state index contributed by atoms with van der Waals surface area (Å²) in [6.07, 6.45) is 6.38. The summed E-state index contributed by atoms with van der Waals surface area (Å²) >= 11 is 0. The number of fused-ring (bicyclic) bond motifs is 2. The maximum Gasteiger partial charge on any atom is 0.115 e. The summed E-state index contributed by atoms with van der Waals surface area (Å²) in [5.41, 5.74) is 2.28. The number of benzene rings is 2. The van der Waals surface area contributed by atoms with Gasteiger partial charge in [-0.2, -0.15) is 0 Å². The van der Waals surface area contributed by atoms with Crippen LogP contribution < -0.4 is 0 Å². The molecule has 0 saturated carbocycles. The minimum absolute atomic E-state index is 0.215. The Labute approximate surface area is 156 Å². The molecule has 2 saturated heterocycles. The number of piperidine rings is 1. The average Bonchev–Trinajstić information content (AvgIpc) is 2.77. The van der Waals surface area contributed by atoms with Crippen LogP contribution in [0.25, 0.3) is 0 Å². The van der Waals surface area contributed by atoms with E-state index in [1.165, 1.54) is 30.2 Å². The van der Waals surface area contributed by atoms with Crippen LogP contribution in [0.15, 0.2) is 48.5 Å². The van der Waals surface area contributed by atoms with E-state index in [1.54, 1.807) is 12.1 Å². The fourth-order valence-electron chi connectivity index (χ4n) is 5.47. The predicted octanol–water partition coefficient (Wildman–Crippen LogP) is 4.64. The lowest BCUT2D eigenvalue weighted by atomic mass is 9.78. The molecule has 2 aromatic rings. The van der Waals surface area contributed by atoms with E-state index in [0.29, 0.717) is 17.4 Å². The molecule has 0 aliphatic carbocycles. The van der Waals surface area contributed by atoms with Gasteiger partial charge in [-0.05, 0) is 47.7 Å². The predicted molar refractivity (Wildman–Crippen MR) is 104 cm³/mol. The number of rotatable bonds is 4. The lowest BCUT2D eigenvalue weighted by Crippen LogP contribution is -2.54. The van der Waals surface area contributed by atoms with E-state index in [2.05, 4.69) is 26.2 Å². The third-order valence-corrected chi connectivity index (χ3v) is 7.04. The minimum Gasteiger partial charge on any atom is -0.508 e. The number of hydrogen-bond donors (Lipinski definition) is 2. The van der Waals surface area contributed by atoms with Gasteiger partial charge in [-0.15, -0.1) is 0 Å². The van der Waals surface area contributed by atoms with E-state index in [0.717, 1.165) is 29.6 Å². The highest BCUT2D eigenvalue weighted by molar-refractivity contribution is 5.39. The molecule has 26 heavy (non-hydrogen) atoms. The standard InChI is InChI=1S/C23H29NO2/c1-24(2)19-9-10-20(24)12-16(11-19)13-23(17-5-3-7-21(25)14-17)18-6-4-8-22(26)15-18/h3-8,14-16,19-20,23H,9-13H2,1-2H3,(H-,25,26)/p+1/t16?,19-,20+. The van der Waals surface area contributed by atoms with Gasteiger partial charge in [0, 0.05) is 31.6 Å². The molecule has 2 heterocycles. The van der Waals surface area contributed by atoms with Crippen LogP contribution >= 0.6 is 0 Å². The second-order valence-electron chi connectivity index (χ2n) is 8.83. The summed E-state index contributed by atoms with van der Waals surface area (Å²) in [6.45, 7) is 0. The Hall–Kier alpha value is -2.00. The summed E-state index contributed by atoms with van der Waals surface area (Å²) in [7, 11) is 4.81. The molecule has 3 atom stereocenters. The molecule has 0 spiro atoms. The zero-order valence-corrected chi connectivity index (χ0v) is 15.8. The third-order valence-electron chi connectivity index (χ3n) is 7.04. The van der Waals surface area contributed by atoms with Gasteiger partial charge < -0.3 is 14.7 Å². The second kappa shape index (κ2) is 6.62. The molecular formula is C23H30NO2+. The largest absolute Gasteiger partial charge is 0.508 e.